The smallest absolute Gasteiger partial charge is 0.254 e. The molecule has 0 aromatic carbocycles. The van der Waals surface area contributed by atoms with Crippen LogP contribution in [0.4, 0.5) is 0 Å². The SMILES string of the molecule is Cc1nn(CCNC(=O)c2ccoc2)c(C)c1-c1cccs1. The van der Waals surface area contributed by atoms with E-state index in [4.69, 9.17) is 4.42 Å². The lowest BCUT2D eigenvalue weighted by molar-refractivity contribution is 0.0951. The van der Waals surface area contributed by atoms with Gasteiger partial charge in [0.05, 0.1) is 24.1 Å². The number of thiophene rings is 1. The number of hydrogen-bond acceptors (Lipinski definition) is 4. The molecule has 0 fully saturated rings. The average molecular weight is 315 g/mol. The zero-order valence-electron chi connectivity index (χ0n) is 12.5. The van der Waals surface area contributed by atoms with Crippen molar-refractivity contribution in [2.75, 3.05) is 6.54 Å². The Morgan fingerprint density at radius 1 is 1.41 bits per heavy atom. The van der Waals surface area contributed by atoms with Crippen molar-refractivity contribution in [1.29, 1.82) is 0 Å². The van der Waals surface area contributed by atoms with Crippen LogP contribution in [-0.4, -0.2) is 22.2 Å². The fourth-order valence-corrected chi connectivity index (χ4v) is 3.34. The molecule has 0 aliphatic rings. The molecule has 3 rings (SSSR count). The molecule has 5 nitrogen and oxygen atoms in total. The molecule has 0 saturated carbocycles. The molecular weight excluding hydrogens is 298 g/mol. The van der Waals surface area contributed by atoms with Crippen molar-refractivity contribution in [3.05, 3.63) is 53.1 Å². The summed E-state index contributed by atoms with van der Waals surface area (Å²) in [6.07, 6.45) is 2.93. The number of carbonyl (C=O) groups is 1. The summed E-state index contributed by atoms with van der Waals surface area (Å²) in [5, 5.41) is 9.51. The Hall–Kier alpha value is -2.34. The Morgan fingerprint density at radius 2 is 2.27 bits per heavy atom. The van der Waals surface area contributed by atoms with Crippen LogP contribution in [0.3, 0.4) is 0 Å². The van der Waals surface area contributed by atoms with Gasteiger partial charge in [-0.2, -0.15) is 5.10 Å². The molecule has 0 aliphatic heterocycles. The first-order valence-corrected chi connectivity index (χ1v) is 7.93. The highest BCUT2D eigenvalue weighted by Crippen LogP contribution is 2.30. The van der Waals surface area contributed by atoms with E-state index in [2.05, 4.69) is 28.8 Å². The minimum Gasteiger partial charge on any atom is -0.472 e. The second-order valence-corrected chi connectivity index (χ2v) is 5.96. The first-order chi connectivity index (χ1) is 10.7. The molecule has 1 amide bonds. The van der Waals surface area contributed by atoms with Gasteiger partial charge in [-0.15, -0.1) is 11.3 Å². The molecule has 1 N–H and O–H groups in total. The lowest BCUT2D eigenvalue weighted by Gasteiger charge is -2.06. The lowest BCUT2D eigenvalue weighted by Crippen LogP contribution is -2.27. The first-order valence-electron chi connectivity index (χ1n) is 7.05. The summed E-state index contributed by atoms with van der Waals surface area (Å²) in [6, 6.07) is 5.79. The predicted octanol–water partition coefficient (Wildman–Crippen LogP) is 3.25. The summed E-state index contributed by atoms with van der Waals surface area (Å²) in [6.45, 7) is 5.24. The van der Waals surface area contributed by atoms with Crippen molar-refractivity contribution in [2.45, 2.75) is 20.4 Å². The van der Waals surface area contributed by atoms with Crippen LogP contribution < -0.4 is 5.32 Å². The zero-order valence-corrected chi connectivity index (χ0v) is 13.3. The van der Waals surface area contributed by atoms with Crippen molar-refractivity contribution in [1.82, 2.24) is 15.1 Å². The third-order valence-electron chi connectivity index (χ3n) is 3.54. The molecule has 0 unspecified atom stereocenters. The number of aryl methyl sites for hydroxylation is 1. The maximum atomic E-state index is 11.8. The van der Waals surface area contributed by atoms with Gasteiger partial charge in [0.2, 0.25) is 0 Å². The largest absolute Gasteiger partial charge is 0.472 e. The van der Waals surface area contributed by atoms with Crippen LogP contribution in [-0.2, 0) is 6.54 Å². The Balaban J connectivity index is 1.66. The monoisotopic (exact) mass is 315 g/mol. The van der Waals surface area contributed by atoms with Gasteiger partial charge in [-0.1, -0.05) is 6.07 Å². The van der Waals surface area contributed by atoms with Crippen molar-refractivity contribution >= 4 is 17.2 Å². The number of nitrogens with zero attached hydrogens (tertiary/aromatic N) is 2. The van der Waals surface area contributed by atoms with Gasteiger partial charge in [-0.05, 0) is 31.4 Å². The summed E-state index contributed by atoms with van der Waals surface area (Å²) in [5.74, 6) is -0.131. The summed E-state index contributed by atoms with van der Waals surface area (Å²) in [7, 11) is 0. The molecular formula is C16H17N3O2S. The van der Waals surface area contributed by atoms with Gasteiger partial charge in [0.1, 0.15) is 6.26 Å². The molecule has 0 radical (unpaired) electrons. The molecule has 3 heterocycles. The predicted molar refractivity (Wildman–Crippen MR) is 86.1 cm³/mol. The Morgan fingerprint density at radius 3 is 2.95 bits per heavy atom. The first kappa shape index (κ1) is 14.6. The van der Waals surface area contributed by atoms with Gasteiger partial charge < -0.3 is 9.73 Å². The van der Waals surface area contributed by atoms with Crippen molar-refractivity contribution in [2.24, 2.45) is 0 Å². The number of furan rings is 1. The molecule has 0 aliphatic carbocycles. The summed E-state index contributed by atoms with van der Waals surface area (Å²) in [5.41, 5.74) is 3.86. The van der Waals surface area contributed by atoms with Crippen LogP contribution >= 0.6 is 11.3 Å². The van der Waals surface area contributed by atoms with E-state index in [1.165, 1.54) is 23.0 Å². The molecule has 114 valence electrons. The van der Waals surface area contributed by atoms with E-state index in [1.54, 1.807) is 17.4 Å². The molecule has 0 spiro atoms. The average Bonchev–Trinajstić information content (AvgIpc) is 3.22. The Labute approximate surface area is 132 Å². The molecule has 0 atom stereocenters. The highest BCUT2D eigenvalue weighted by molar-refractivity contribution is 7.13. The van der Waals surface area contributed by atoms with Crippen LogP contribution in [0.25, 0.3) is 10.4 Å². The van der Waals surface area contributed by atoms with Crippen LogP contribution in [0.2, 0.25) is 0 Å². The van der Waals surface area contributed by atoms with Gasteiger partial charge in [-0.25, -0.2) is 0 Å². The van der Waals surface area contributed by atoms with E-state index in [0.717, 1.165) is 11.4 Å². The van der Waals surface area contributed by atoms with E-state index in [0.29, 0.717) is 18.7 Å². The molecule has 0 bridgehead atoms. The fraction of sp³-hybridized carbons (Fsp3) is 0.250. The summed E-state index contributed by atoms with van der Waals surface area (Å²) in [4.78, 5) is 13.1. The van der Waals surface area contributed by atoms with E-state index < -0.39 is 0 Å². The maximum absolute atomic E-state index is 11.8. The zero-order chi connectivity index (χ0) is 15.5. The van der Waals surface area contributed by atoms with Crippen molar-refractivity contribution in [3.63, 3.8) is 0 Å². The highest BCUT2D eigenvalue weighted by atomic mass is 32.1. The quantitative estimate of drug-likeness (QED) is 0.786. The molecule has 3 aromatic heterocycles. The van der Waals surface area contributed by atoms with Gasteiger partial charge in [-0.3, -0.25) is 9.48 Å². The van der Waals surface area contributed by atoms with Gasteiger partial charge in [0.15, 0.2) is 0 Å². The molecule has 0 saturated heterocycles. The second-order valence-electron chi connectivity index (χ2n) is 5.01. The number of carbonyl (C=O) groups excluding carboxylic acids is 1. The third-order valence-corrected chi connectivity index (χ3v) is 4.43. The Bertz CT molecular complexity index is 758. The number of amides is 1. The number of hydrogen-bond donors (Lipinski definition) is 1. The van der Waals surface area contributed by atoms with Crippen LogP contribution in [0, 0.1) is 13.8 Å². The van der Waals surface area contributed by atoms with Gasteiger partial charge >= 0.3 is 0 Å². The van der Waals surface area contributed by atoms with E-state index >= 15 is 0 Å². The number of rotatable bonds is 5. The van der Waals surface area contributed by atoms with Crippen LogP contribution in [0.15, 0.2) is 40.5 Å². The van der Waals surface area contributed by atoms with E-state index in [1.807, 2.05) is 17.7 Å². The molecule has 3 aromatic rings. The fourth-order valence-electron chi connectivity index (χ4n) is 2.46. The number of aromatic nitrogens is 2. The van der Waals surface area contributed by atoms with E-state index in [9.17, 15) is 4.79 Å². The highest BCUT2D eigenvalue weighted by Gasteiger charge is 2.14. The molecule has 6 heteroatoms. The standard InChI is InChI=1S/C16H17N3O2S/c1-11-15(14-4-3-9-22-14)12(2)19(18-11)7-6-17-16(20)13-5-8-21-10-13/h3-5,8-10H,6-7H2,1-2H3,(H,17,20). The van der Waals surface area contributed by atoms with E-state index in [-0.39, 0.29) is 5.91 Å². The Kier molecular flexibility index (Phi) is 4.11. The summed E-state index contributed by atoms with van der Waals surface area (Å²) >= 11 is 1.71. The number of nitrogens with one attached hydrogen (secondary N) is 1. The lowest BCUT2D eigenvalue weighted by atomic mass is 10.1. The normalized spacial score (nSPS) is 10.8. The van der Waals surface area contributed by atoms with Crippen molar-refractivity contribution in [3.8, 4) is 10.4 Å². The van der Waals surface area contributed by atoms with Gasteiger partial charge in [0, 0.05) is 22.7 Å². The summed E-state index contributed by atoms with van der Waals surface area (Å²) < 4.78 is 6.85. The topological polar surface area (TPSA) is 60.1 Å². The van der Waals surface area contributed by atoms with Crippen molar-refractivity contribution < 1.29 is 9.21 Å². The minimum atomic E-state index is -0.131. The van der Waals surface area contributed by atoms with Crippen LogP contribution in [0.1, 0.15) is 21.7 Å². The minimum absolute atomic E-state index is 0.131. The van der Waals surface area contributed by atoms with Crippen LogP contribution in [0.5, 0.6) is 0 Å². The molecule has 22 heavy (non-hydrogen) atoms. The second kappa shape index (κ2) is 6.19. The third kappa shape index (κ3) is 2.82. The maximum Gasteiger partial charge on any atom is 0.254 e. The van der Waals surface area contributed by atoms with Gasteiger partial charge in [0.25, 0.3) is 5.91 Å².